The van der Waals surface area contributed by atoms with E-state index in [-0.39, 0.29) is 28.0 Å². The van der Waals surface area contributed by atoms with Gasteiger partial charge in [0.15, 0.2) is 0 Å². The molecule has 0 aliphatic heterocycles. The summed E-state index contributed by atoms with van der Waals surface area (Å²) in [5.41, 5.74) is 5.41. The number of carbonyl (C=O) groups is 1. The van der Waals surface area contributed by atoms with Crippen molar-refractivity contribution >= 4 is 28.9 Å². The Balaban J connectivity index is 3.05. The molecule has 0 bridgehead atoms. The van der Waals surface area contributed by atoms with Crippen molar-refractivity contribution in [1.82, 2.24) is 5.32 Å². The van der Waals surface area contributed by atoms with Crippen molar-refractivity contribution in [1.29, 1.82) is 0 Å². The van der Waals surface area contributed by atoms with Crippen LogP contribution in [0.4, 0.5) is 11.4 Å². The lowest BCUT2D eigenvalue weighted by molar-refractivity contribution is -0.384. The molecule has 110 valence electrons. The molecule has 0 fully saturated rings. The number of nitrogens with one attached hydrogen (secondary N) is 1. The normalized spacial score (nSPS) is 11.9. The first kappa shape index (κ1) is 16.2. The number of nitro groups is 1. The van der Waals surface area contributed by atoms with Gasteiger partial charge in [-0.3, -0.25) is 14.9 Å². The standard InChI is InChI=1S/C12H16ClN3O4/c1-3-7(6-20-2)15-12(17)9-4-8(16(18)19)5-10(13)11(9)14/h4-5,7H,3,6,14H2,1-2H3,(H,15,17). The van der Waals surface area contributed by atoms with Gasteiger partial charge in [0.25, 0.3) is 11.6 Å². The van der Waals surface area contributed by atoms with Crippen molar-refractivity contribution in [2.45, 2.75) is 19.4 Å². The molecule has 0 saturated heterocycles. The SMILES string of the molecule is CCC(COC)NC(=O)c1cc([N+](=O)[O-])cc(Cl)c1N. The van der Waals surface area contributed by atoms with Crippen LogP contribution in [0, 0.1) is 10.1 Å². The van der Waals surface area contributed by atoms with Gasteiger partial charge in [0.2, 0.25) is 0 Å². The molecular weight excluding hydrogens is 286 g/mol. The Morgan fingerprint density at radius 3 is 2.75 bits per heavy atom. The highest BCUT2D eigenvalue weighted by atomic mass is 35.5. The summed E-state index contributed by atoms with van der Waals surface area (Å²) in [7, 11) is 1.52. The number of carbonyl (C=O) groups excluding carboxylic acids is 1. The minimum absolute atomic E-state index is 0.0150. The number of anilines is 1. The van der Waals surface area contributed by atoms with E-state index in [0.717, 1.165) is 12.1 Å². The number of hydrogen-bond acceptors (Lipinski definition) is 5. The number of nitro benzene ring substituents is 1. The van der Waals surface area contributed by atoms with E-state index in [1.54, 1.807) is 0 Å². The highest BCUT2D eigenvalue weighted by Gasteiger charge is 2.20. The molecule has 0 spiro atoms. The summed E-state index contributed by atoms with van der Waals surface area (Å²) in [4.78, 5) is 22.3. The molecule has 1 aromatic rings. The number of non-ortho nitro benzene ring substituents is 1. The predicted molar refractivity (Wildman–Crippen MR) is 75.9 cm³/mol. The third-order valence-electron chi connectivity index (χ3n) is 2.77. The zero-order valence-corrected chi connectivity index (χ0v) is 11.9. The smallest absolute Gasteiger partial charge is 0.271 e. The van der Waals surface area contributed by atoms with Crippen molar-refractivity contribution in [3.05, 3.63) is 32.8 Å². The molecule has 8 heteroatoms. The van der Waals surface area contributed by atoms with Crippen LogP contribution in [0.25, 0.3) is 0 Å². The molecule has 1 unspecified atom stereocenters. The Morgan fingerprint density at radius 2 is 2.25 bits per heavy atom. The molecule has 7 nitrogen and oxygen atoms in total. The minimum Gasteiger partial charge on any atom is -0.397 e. The third kappa shape index (κ3) is 3.82. The largest absolute Gasteiger partial charge is 0.397 e. The van der Waals surface area contributed by atoms with E-state index in [0.29, 0.717) is 13.0 Å². The van der Waals surface area contributed by atoms with Gasteiger partial charge in [-0.2, -0.15) is 0 Å². The Labute approximate surface area is 121 Å². The maximum absolute atomic E-state index is 12.1. The Hall–Kier alpha value is -1.86. The molecular formula is C12H16ClN3O4. The van der Waals surface area contributed by atoms with E-state index < -0.39 is 10.8 Å². The van der Waals surface area contributed by atoms with Crippen molar-refractivity contribution in [3.63, 3.8) is 0 Å². The van der Waals surface area contributed by atoms with Gasteiger partial charge in [-0.1, -0.05) is 18.5 Å². The molecule has 3 N–H and O–H groups in total. The van der Waals surface area contributed by atoms with Gasteiger partial charge in [-0.05, 0) is 6.42 Å². The average molecular weight is 302 g/mol. The first-order chi connectivity index (χ1) is 9.40. The van der Waals surface area contributed by atoms with Gasteiger partial charge in [-0.15, -0.1) is 0 Å². The number of ether oxygens (including phenoxy) is 1. The van der Waals surface area contributed by atoms with Crippen LogP contribution in [-0.4, -0.2) is 30.6 Å². The summed E-state index contributed by atoms with van der Waals surface area (Å²) in [6.45, 7) is 2.22. The van der Waals surface area contributed by atoms with Gasteiger partial charge in [0, 0.05) is 19.2 Å². The van der Waals surface area contributed by atoms with Gasteiger partial charge in [-0.25, -0.2) is 0 Å². The highest BCUT2D eigenvalue weighted by Crippen LogP contribution is 2.28. The molecule has 1 aromatic carbocycles. The van der Waals surface area contributed by atoms with Crippen LogP contribution < -0.4 is 11.1 Å². The number of halogens is 1. The number of nitrogens with zero attached hydrogens (tertiary/aromatic N) is 1. The summed E-state index contributed by atoms with van der Waals surface area (Å²) in [5, 5.41) is 13.4. The zero-order chi connectivity index (χ0) is 15.3. The molecule has 0 aliphatic rings. The monoisotopic (exact) mass is 301 g/mol. The van der Waals surface area contributed by atoms with Crippen LogP contribution in [0.1, 0.15) is 23.7 Å². The van der Waals surface area contributed by atoms with Crippen LogP contribution in [0.2, 0.25) is 5.02 Å². The van der Waals surface area contributed by atoms with Crippen molar-refractivity contribution < 1.29 is 14.5 Å². The predicted octanol–water partition coefficient (Wildman–Crippen LogP) is 1.99. The second-order valence-corrected chi connectivity index (χ2v) is 4.59. The lowest BCUT2D eigenvalue weighted by Gasteiger charge is -2.16. The molecule has 1 atom stereocenters. The topological polar surface area (TPSA) is 107 Å². The summed E-state index contributed by atoms with van der Waals surface area (Å²) in [6, 6.07) is 2.01. The minimum atomic E-state index is -0.630. The lowest BCUT2D eigenvalue weighted by atomic mass is 10.1. The molecule has 1 rings (SSSR count). The number of methoxy groups -OCH3 is 1. The zero-order valence-electron chi connectivity index (χ0n) is 11.2. The van der Waals surface area contributed by atoms with Gasteiger partial charge >= 0.3 is 0 Å². The fourth-order valence-corrected chi connectivity index (χ4v) is 1.84. The summed E-state index contributed by atoms with van der Waals surface area (Å²) >= 11 is 5.80. The maximum Gasteiger partial charge on any atom is 0.271 e. The summed E-state index contributed by atoms with van der Waals surface area (Å²) < 4.78 is 4.97. The number of benzene rings is 1. The van der Waals surface area contributed by atoms with Gasteiger partial charge < -0.3 is 15.8 Å². The quantitative estimate of drug-likeness (QED) is 0.474. The fraction of sp³-hybridized carbons (Fsp3) is 0.417. The van der Waals surface area contributed by atoms with E-state index in [1.807, 2.05) is 6.92 Å². The second-order valence-electron chi connectivity index (χ2n) is 4.18. The summed E-state index contributed by atoms with van der Waals surface area (Å²) in [5.74, 6) is -0.517. The number of hydrogen-bond donors (Lipinski definition) is 2. The number of nitrogen functional groups attached to an aromatic ring is 1. The second kappa shape index (κ2) is 7.06. The van der Waals surface area contributed by atoms with Crippen LogP contribution in [0.3, 0.4) is 0 Å². The first-order valence-electron chi connectivity index (χ1n) is 5.93. The lowest BCUT2D eigenvalue weighted by Crippen LogP contribution is -2.37. The van der Waals surface area contributed by atoms with Crippen LogP contribution in [-0.2, 0) is 4.74 Å². The third-order valence-corrected chi connectivity index (χ3v) is 3.08. The Morgan fingerprint density at radius 1 is 1.60 bits per heavy atom. The molecule has 0 aromatic heterocycles. The average Bonchev–Trinajstić information content (AvgIpc) is 2.40. The van der Waals surface area contributed by atoms with E-state index in [9.17, 15) is 14.9 Å². The number of amides is 1. The van der Waals surface area contributed by atoms with Crippen molar-refractivity contribution in [2.75, 3.05) is 19.5 Å². The number of nitrogens with two attached hydrogens (primary N) is 1. The van der Waals surface area contributed by atoms with Crippen LogP contribution >= 0.6 is 11.6 Å². The first-order valence-corrected chi connectivity index (χ1v) is 6.31. The van der Waals surface area contributed by atoms with E-state index >= 15 is 0 Å². The summed E-state index contributed by atoms with van der Waals surface area (Å²) in [6.07, 6.45) is 0.655. The van der Waals surface area contributed by atoms with E-state index in [1.165, 1.54) is 7.11 Å². The Kier molecular flexibility index (Phi) is 5.72. The van der Waals surface area contributed by atoms with Crippen LogP contribution in [0.5, 0.6) is 0 Å². The highest BCUT2D eigenvalue weighted by molar-refractivity contribution is 6.34. The van der Waals surface area contributed by atoms with E-state index in [2.05, 4.69) is 5.32 Å². The van der Waals surface area contributed by atoms with Crippen molar-refractivity contribution in [2.24, 2.45) is 0 Å². The fourth-order valence-electron chi connectivity index (χ4n) is 1.62. The molecule has 0 heterocycles. The Bertz CT molecular complexity index is 522. The number of rotatable bonds is 6. The van der Waals surface area contributed by atoms with E-state index in [4.69, 9.17) is 22.1 Å². The molecule has 0 aliphatic carbocycles. The maximum atomic E-state index is 12.1. The molecule has 1 amide bonds. The molecule has 20 heavy (non-hydrogen) atoms. The van der Waals surface area contributed by atoms with Gasteiger partial charge in [0.05, 0.1) is 33.8 Å². The molecule has 0 saturated carbocycles. The van der Waals surface area contributed by atoms with Gasteiger partial charge in [0.1, 0.15) is 0 Å². The van der Waals surface area contributed by atoms with Crippen LogP contribution in [0.15, 0.2) is 12.1 Å². The molecule has 0 radical (unpaired) electrons. The van der Waals surface area contributed by atoms with Crippen molar-refractivity contribution in [3.8, 4) is 0 Å².